The molecule has 0 aliphatic carbocycles. The monoisotopic (exact) mass is 628 g/mol. The van der Waals surface area contributed by atoms with Crippen LogP contribution in [0.25, 0.3) is 77.2 Å². The van der Waals surface area contributed by atoms with Gasteiger partial charge in [0, 0.05) is 44.9 Å². The molecular formula is C45H28N2O2. The van der Waals surface area contributed by atoms with E-state index in [0.717, 1.165) is 66.4 Å². The van der Waals surface area contributed by atoms with E-state index in [1.807, 2.05) is 36.4 Å². The zero-order valence-electron chi connectivity index (χ0n) is 26.4. The van der Waals surface area contributed by atoms with Gasteiger partial charge in [0.05, 0.1) is 0 Å². The Morgan fingerprint density at radius 2 is 1.08 bits per heavy atom. The maximum absolute atomic E-state index is 6.54. The van der Waals surface area contributed by atoms with Gasteiger partial charge in [-0.15, -0.1) is 0 Å². The van der Waals surface area contributed by atoms with Crippen molar-refractivity contribution < 1.29 is 8.83 Å². The Morgan fingerprint density at radius 1 is 0.408 bits per heavy atom. The zero-order chi connectivity index (χ0) is 32.3. The molecule has 4 heteroatoms. The summed E-state index contributed by atoms with van der Waals surface area (Å²) in [7, 11) is 0. The summed E-state index contributed by atoms with van der Waals surface area (Å²) in [4.78, 5) is 7.27. The van der Waals surface area contributed by atoms with Crippen molar-refractivity contribution in [2.75, 3.05) is 4.90 Å². The van der Waals surface area contributed by atoms with E-state index in [0.29, 0.717) is 5.89 Å². The third-order valence-electron chi connectivity index (χ3n) is 9.49. The number of oxazole rings is 1. The van der Waals surface area contributed by atoms with E-state index < -0.39 is 0 Å². The van der Waals surface area contributed by atoms with Crippen LogP contribution in [0, 0.1) is 0 Å². The molecular weight excluding hydrogens is 601 g/mol. The summed E-state index contributed by atoms with van der Waals surface area (Å²) in [6.45, 7) is 0. The lowest BCUT2D eigenvalue weighted by Gasteiger charge is -2.25. The number of nitrogens with zero attached hydrogens (tertiary/aromatic N) is 2. The Hall–Kier alpha value is -6.65. The summed E-state index contributed by atoms with van der Waals surface area (Å²) >= 11 is 0. The average Bonchev–Trinajstić information content (AvgIpc) is 3.77. The van der Waals surface area contributed by atoms with Crippen LogP contribution in [0.3, 0.4) is 0 Å². The smallest absolute Gasteiger partial charge is 0.228 e. The molecule has 4 nitrogen and oxygen atoms in total. The van der Waals surface area contributed by atoms with Gasteiger partial charge < -0.3 is 13.7 Å². The SMILES string of the molecule is c1ccc(N(c2ccc(-c3cccc4ccccc34)cc2)c2ccc3c(c2)oc2cccc(-c4nc5c(ccc6ccccc65)o4)c23)cc1. The molecule has 0 radical (unpaired) electrons. The van der Waals surface area contributed by atoms with Crippen LogP contribution in [0.15, 0.2) is 179 Å². The second kappa shape index (κ2) is 11.0. The molecule has 0 spiro atoms. The van der Waals surface area contributed by atoms with Crippen LogP contribution in [0.5, 0.6) is 0 Å². The minimum absolute atomic E-state index is 0.584. The fourth-order valence-corrected chi connectivity index (χ4v) is 7.20. The fourth-order valence-electron chi connectivity index (χ4n) is 7.20. The first-order valence-electron chi connectivity index (χ1n) is 16.5. The first kappa shape index (κ1) is 27.5. The van der Waals surface area contributed by atoms with E-state index in [1.54, 1.807) is 0 Å². The summed E-state index contributed by atoms with van der Waals surface area (Å²) in [6, 6.07) is 59.2. The number of hydrogen-bond donors (Lipinski definition) is 0. The van der Waals surface area contributed by atoms with Crippen molar-refractivity contribution in [3.8, 4) is 22.6 Å². The van der Waals surface area contributed by atoms with Crippen molar-refractivity contribution in [3.63, 3.8) is 0 Å². The lowest BCUT2D eigenvalue weighted by atomic mass is 9.98. The number of fused-ring (bicyclic) bond motifs is 7. The first-order valence-corrected chi connectivity index (χ1v) is 16.5. The van der Waals surface area contributed by atoms with Crippen LogP contribution in [-0.2, 0) is 0 Å². The van der Waals surface area contributed by atoms with E-state index in [-0.39, 0.29) is 0 Å². The van der Waals surface area contributed by atoms with Crippen LogP contribution < -0.4 is 4.90 Å². The van der Waals surface area contributed by atoms with Gasteiger partial charge in [0.15, 0.2) is 5.58 Å². The van der Waals surface area contributed by atoms with Crippen LogP contribution in [0.1, 0.15) is 0 Å². The molecule has 0 atom stereocenters. The highest BCUT2D eigenvalue weighted by atomic mass is 16.3. The number of benzene rings is 8. The molecule has 0 unspecified atom stereocenters. The molecule has 230 valence electrons. The maximum Gasteiger partial charge on any atom is 0.228 e. The Morgan fingerprint density at radius 3 is 1.94 bits per heavy atom. The average molecular weight is 629 g/mol. The van der Waals surface area contributed by atoms with Crippen molar-refractivity contribution in [3.05, 3.63) is 170 Å². The number of rotatable bonds is 5. The van der Waals surface area contributed by atoms with Crippen molar-refractivity contribution in [2.24, 2.45) is 0 Å². The second-order valence-electron chi connectivity index (χ2n) is 12.4. The zero-order valence-corrected chi connectivity index (χ0v) is 26.4. The lowest BCUT2D eigenvalue weighted by molar-refractivity contribution is 0.620. The van der Waals surface area contributed by atoms with Crippen LogP contribution in [-0.4, -0.2) is 4.98 Å². The Labute approximate surface area is 282 Å². The highest BCUT2D eigenvalue weighted by molar-refractivity contribution is 6.13. The van der Waals surface area contributed by atoms with Gasteiger partial charge in [0.1, 0.15) is 16.7 Å². The predicted molar refractivity (Wildman–Crippen MR) is 202 cm³/mol. The molecule has 0 fully saturated rings. The highest BCUT2D eigenvalue weighted by Gasteiger charge is 2.20. The number of para-hydroxylation sites is 1. The third-order valence-corrected chi connectivity index (χ3v) is 9.49. The summed E-state index contributed by atoms with van der Waals surface area (Å²) in [5.74, 6) is 0.584. The molecule has 0 amide bonds. The van der Waals surface area contributed by atoms with E-state index in [1.165, 1.54) is 21.9 Å². The molecule has 10 rings (SSSR count). The second-order valence-corrected chi connectivity index (χ2v) is 12.4. The quantitative estimate of drug-likeness (QED) is 0.190. The van der Waals surface area contributed by atoms with Gasteiger partial charge in [-0.25, -0.2) is 4.98 Å². The Kier molecular flexibility index (Phi) is 6.15. The summed E-state index contributed by atoms with van der Waals surface area (Å²) in [5.41, 5.74) is 9.68. The molecule has 0 aliphatic rings. The van der Waals surface area contributed by atoms with Gasteiger partial charge in [-0.05, 0) is 81.9 Å². The number of anilines is 3. The van der Waals surface area contributed by atoms with Gasteiger partial charge in [-0.3, -0.25) is 0 Å². The van der Waals surface area contributed by atoms with Crippen molar-refractivity contribution in [2.45, 2.75) is 0 Å². The summed E-state index contributed by atoms with van der Waals surface area (Å²) in [6.07, 6.45) is 0. The number of furan rings is 1. The van der Waals surface area contributed by atoms with Crippen molar-refractivity contribution in [1.29, 1.82) is 0 Å². The van der Waals surface area contributed by atoms with Gasteiger partial charge in [-0.1, -0.05) is 109 Å². The Bertz CT molecular complexity index is 2820. The van der Waals surface area contributed by atoms with Crippen LogP contribution in [0.4, 0.5) is 17.1 Å². The summed E-state index contributed by atoms with van der Waals surface area (Å²) in [5, 5.41) is 6.71. The standard InChI is InChI=1S/C45H28N2O2/c1-2-13-32(14-3-1)47(33-23-20-31(21-24-33)36-17-8-12-29-10-4-6-15-35(29)36)34-25-26-38-42(28-34)48-40-19-9-18-39(43(38)40)45-46-44-37-16-7-5-11-30(37)22-27-41(44)49-45/h1-28H. The van der Waals surface area contributed by atoms with Crippen LogP contribution >= 0.6 is 0 Å². The topological polar surface area (TPSA) is 42.4 Å². The van der Waals surface area contributed by atoms with Crippen molar-refractivity contribution >= 4 is 71.6 Å². The molecule has 49 heavy (non-hydrogen) atoms. The maximum atomic E-state index is 6.54. The lowest BCUT2D eigenvalue weighted by Crippen LogP contribution is -2.09. The third kappa shape index (κ3) is 4.49. The molecule has 0 bridgehead atoms. The van der Waals surface area contributed by atoms with E-state index in [2.05, 4.69) is 138 Å². The molecule has 0 saturated carbocycles. The summed E-state index contributed by atoms with van der Waals surface area (Å²) < 4.78 is 12.9. The molecule has 8 aromatic carbocycles. The normalized spacial score (nSPS) is 11.7. The minimum Gasteiger partial charge on any atom is -0.456 e. The largest absolute Gasteiger partial charge is 0.456 e. The van der Waals surface area contributed by atoms with E-state index in [9.17, 15) is 0 Å². The number of aromatic nitrogens is 1. The fraction of sp³-hybridized carbons (Fsp3) is 0. The van der Waals surface area contributed by atoms with E-state index in [4.69, 9.17) is 13.8 Å². The molecule has 0 N–H and O–H groups in total. The molecule has 10 aromatic rings. The molecule has 0 aliphatic heterocycles. The first-order chi connectivity index (χ1) is 24.3. The van der Waals surface area contributed by atoms with Gasteiger partial charge in [-0.2, -0.15) is 0 Å². The predicted octanol–water partition coefficient (Wildman–Crippen LogP) is 12.8. The number of hydrogen-bond acceptors (Lipinski definition) is 4. The molecule has 2 aromatic heterocycles. The van der Waals surface area contributed by atoms with Gasteiger partial charge in [0.25, 0.3) is 0 Å². The van der Waals surface area contributed by atoms with Crippen molar-refractivity contribution in [1.82, 2.24) is 4.98 Å². The minimum atomic E-state index is 0.584. The van der Waals surface area contributed by atoms with E-state index >= 15 is 0 Å². The highest BCUT2D eigenvalue weighted by Crippen LogP contribution is 2.42. The Balaban J connectivity index is 1.09. The van der Waals surface area contributed by atoms with Gasteiger partial charge >= 0.3 is 0 Å². The van der Waals surface area contributed by atoms with Crippen LogP contribution in [0.2, 0.25) is 0 Å². The van der Waals surface area contributed by atoms with Gasteiger partial charge in [0.2, 0.25) is 5.89 Å². The molecule has 0 saturated heterocycles. The molecule has 2 heterocycles.